The topological polar surface area (TPSA) is 134 Å². The Hall–Kier alpha value is -1.90. The van der Waals surface area contributed by atoms with Gasteiger partial charge in [-0.25, -0.2) is 9.78 Å². The predicted molar refractivity (Wildman–Crippen MR) is 102 cm³/mol. The minimum Gasteiger partial charge on any atom is -0.344 e. The fourth-order valence-corrected chi connectivity index (χ4v) is 2.22. The van der Waals surface area contributed by atoms with Crippen LogP contribution in [0, 0.1) is 12.8 Å². The van der Waals surface area contributed by atoms with Crippen LogP contribution < -0.4 is 22.3 Å². The molecule has 0 aliphatic carbocycles. The van der Waals surface area contributed by atoms with Crippen LogP contribution in [0.1, 0.15) is 36.8 Å². The minimum absolute atomic E-state index is 0. The summed E-state index contributed by atoms with van der Waals surface area (Å²) in [6.07, 6.45) is 0. The predicted octanol–water partition coefficient (Wildman–Crippen LogP) is 0.867. The summed E-state index contributed by atoms with van der Waals surface area (Å²) in [7, 11) is 0. The van der Waals surface area contributed by atoms with Gasteiger partial charge in [0.15, 0.2) is 0 Å². The first-order valence-corrected chi connectivity index (χ1v) is 7.34. The highest BCUT2D eigenvalue weighted by molar-refractivity contribution is 5.95. The molecule has 0 bridgehead atoms. The molecule has 10 heteroatoms. The molecule has 2 aromatic heterocycles. The van der Waals surface area contributed by atoms with Crippen LogP contribution in [-0.4, -0.2) is 32.9 Å². The molecule has 0 spiro atoms. The Morgan fingerprint density at radius 1 is 1.32 bits per heavy atom. The third-order valence-corrected chi connectivity index (χ3v) is 4.23. The van der Waals surface area contributed by atoms with Gasteiger partial charge in [-0.15, -0.1) is 24.8 Å². The van der Waals surface area contributed by atoms with Gasteiger partial charge in [0.25, 0.3) is 11.5 Å². The van der Waals surface area contributed by atoms with Gasteiger partial charge in [0, 0.05) is 6.54 Å². The summed E-state index contributed by atoms with van der Waals surface area (Å²) >= 11 is 0. The summed E-state index contributed by atoms with van der Waals surface area (Å²) in [5.41, 5.74) is 4.75. The lowest BCUT2D eigenvalue weighted by Gasteiger charge is -2.33. The molecule has 0 aromatic carbocycles. The maximum Gasteiger partial charge on any atom is 0.327 e. The summed E-state index contributed by atoms with van der Waals surface area (Å²) in [4.78, 5) is 44.4. The quantitative estimate of drug-likeness (QED) is 0.613. The van der Waals surface area contributed by atoms with Crippen molar-refractivity contribution in [2.45, 2.75) is 33.2 Å². The molecule has 0 aliphatic heterocycles. The number of amides is 1. The van der Waals surface area contributed by atoms with Gasteiger partial charge in [0.1, 0.15) is 11.3 Å². The van der Waals surface area contributed by atoms with E-state index in [1.807, 2.05) is 20.8 Å². The molecular formula is C15H23Cl2N5O3. The van der Waals surface area contributed by atoms with Crippen molar-refractivity contribution in [2.24, 2.45) is 11.7 Å². The van der Waals surface area contributed by atoms with Crippen molar-refractivity contribution in [1.29, 1.82) is 0 Å². The molecule has 1 unspecified atom stereocenters. The van der Waals surface area contributed by atoms with Gasteiger partial charge < -0.3 is 11.1 Å². The number of nitrogens with one attached hydrogen (secondary N) is 3. The van der Waals surface area contributed by atoms with E-state index in [1.54, 1.807) is 6.92 Å². The van der Waals surface area contributed by atoms with E-state index in [4.69, 9.17) is 5.73 Å². The van der Waals surface area contributed by atoms with E-state index in [0.717, 1.165) is 0 Å². The van der Waals surface area contributed by atoms with E-state index in [0.29, 0.717) is 5.56 Å². The largest absolute Gasteiger partial charge is 0.344 e. The van der Waals surface area contributed by atoms with Crippen LogP contribution in [0.3, 0.4) is 0 Å². The lowest BCUT2D eigenvalue weighted by Crippen LogP contribution is -2.55. The zero-order valence-corrected chi connectivity index (χ0v) is 16.1. The molecule has 2 rings (SSSR count). The summed E-state index contributed by atoms with van der Waals surface area (Å²) < 4.78 is 0. The third-order valence-electron chi connectivity index (χ3n) is 4.23. The van der Waals surface area contributed by atoms with E-state index in [9.17, 15) is 14.4 Å². The lowest BCUT2D eigenvalue weighted by atomic mass is 9.88. The fraction of sp³-hybridized carbons (Fsp3) is 0.467. The molecule has 0 radical (unpaired) electrons. The number of carbonyl (C=O) groups excluding carboxylic acids is 1. The lowest BCUT2D eigenvalue weighted by molar-refractivity contribution is 0.0878. The van der Waals surface area contributed by atoms with Crippen molar-refractivity contribution < 1.29 is 4.79 Å². The normalized spacial score (nSPS) is 12.9. The van der Waals surface area contributed by atoms with Gasteiger partial charge in [-0.3, -0.25) is 19.6 Å². The average molecular weight is 392 g/mol. The van der Waals surface area contributed by atoms with Crippen molar-refractivity contribution in [2.75, 3.05) is 6.54 Å². The first-order valence-electron chi connectivity index (χ1n) is 7.34. The number of nitrogens with two attached hydrogens (primary N) is 1. The van der Waals surface area contributed by atoms with Gasteiger partial charge in [-0.1, -0.05) is 13.8 Å². The van der Waals surface area contributed by atoms with Crippen LogP contribution >= 0.6 is 24.8 Å². The molecule has 1 atom stereocenters. The Morgan fingerprint density at radius 3 is 2.44 bits per heavy atom. The first kappa shape index (κ1) is 23.1. The van der Waals surface area contributed by atoms with Crippen molar-refractivity contribution in [3.8, 4) is 0 Å². The first-order chi connectivity index (χ1) is 10.7. The van der Waals surface area contributed by atoms with E-state index >= 15 is 0 Å². The van der Waals surface area contributed by atoms with Crippen LogP contribution in [0.15, 0.2) is 15.7 Å². The molecule has 0 fully saturated rings. The second-order valence-corrected chi connectivity index (χ2v) is 6.19. The molecule has 5 N–H and O–H groups in total. The molecule has 0 aliphatic rings. The zero-order valence-electron chi connectivity index (χ0n) is 14.4. The van der Waals surface area contributed by atoms with Crippen molar-refractivity contribution in [3.05, 3.63) is 38.2 Å². The number of nitrogens with zero attached hydrogens (tertiary/aromatic N) is 1. The monoisotopic (exact) mass is 391 g/mol. The number of aryl methyl sites for hydroxylation is 1. The van der Waals surface area contributed by atoms with Crippen LogP contribution in [0.2, 0.25) is 0 Å². The maximum atomic E-state index is 12.5. The Kier molecular flexibility index (Phi) is 7.82. The van der Waals surface area contributed by atoms with Crippen LogP contribution in [0.5, 0.6) is 0 Å². The highest BCUT2D eigenvalue weighted by Gasteiger charge is 2.29. The Morgan fingerprint density at radius 2 is 1.92 bits per heavy atom. The standard InChI is InChI=1S/C15H21N5O3.2ClH/c1-7(2)15(4,6-16)20-12(21)9-5-8(3)10-11(17-9)18-14(23)19-13(10)22;;/h5,7H,6,16H2,1-4H3,(H,20,21)(H2,17,18,19,22,23);2*1H. The van der Waals surface area contributed by atoms with Crippen molar-refractivity contribution in [1.82, 2.24) is 20.3 Å². The maximum absolute atomic E-state index is 12.5. The number of aromatic nitrogens is 3. The van der Waals surface area contributed by atoms with Crippen LogP contribution in [-0.2, 0) is 0 Å². The summed E-state index contributed by atoms with van der Waals surface area (Å²) in [5.74, 6) is -0.279. The number of halogens is 2. The average Bonchev–Trinajstić information content (AvgIpc) is 2.45. The van der Waals surface area contributed by atoms with Gasteiger partial charge in [0.2, 0.25) is 0 Å². The Bertz CT molecular complexity index is 878. The number of carbonyl (C=O) groups is 1. The number of hydrogen-bond donors (Lipinski definition) is 4. The van der Waals surface area contributed by atoms with Gasteiger partial charge in [0.05, 0.1) is 10.9 Å². The fourth-order valence-electron chi connectivity index (χ4n) is 2.22. The Balaban J connectivity index is 0.00000288. The van der Waals surface area contributed by atoms with Gasteiger partial charge >= 0.3 is 5.69 Å². The highest BCUT2D eigenvalue weighted by atomic mass is 35.5. The van der Waals surface area contributed by atoms with E-state index in [-0.39, 0.29) is 54.0 Å². The molecule has 2 heterocycles. The van der Waals surface area contributed by atoms with Gasteiger partial charge in [-0.2, -0.15) is 0 Å². The molecule has 8 nitrogen and oxygen atoms in total. The van der Waals surface area contributed by atoms with Gasteiger partial charge in [-0.05, 0) is 31.4 Å². The smallest absolute Gasteiger partial charge is 0.327 e. The van der Waals surface area contributed by atoms with Crippen LogP contribution in [0.25, 0.3) is 11.0 Å². The molecule has 1 amide bonds. The van der Waals surface area contributed by atoms with E-state index in [1.165, 1.54) is 6.07 Å². The van der Waals surface area contributed by atoms with Crippen molar-refractivity contribution >= 4 is 41.8 Å². The zero-order chi connectivity index (χ0) is 17.4. The molecule has 0 saturated carbocycles. The number of aromatic amines is 2. The second kappa shape index (κ2) is 8.46. The SMILES string of the molecule is Cc1cc(C(=O)NC(C)(CN)C(C)C)nc2[nH]c(=O)[nH]c(=O)c12.Cl.Cl. The van der Waals surface area contributed by atoms with Crippen LogP contribution in [0.4, 0.5) is 0 Å². The summed E-state index contributed by atoms with van der Waals surface area (Å²) in [6.45, 7) is 7.74. The summed E-state index contributed by atoms with van der Waals surface area (Å²) in [5, 5.41) is 3.13. The highest BCUT2D eigenvalue weighted by Crippen LogP contribution is 2.17. The van der Waals surface area contributed by atoms with E-state index < -0.39 is 22.7 Å². The summed E-state index contributed by atoms with van der Waals surface area (Å²) in [6, 6.07) is 1.52. The third kappa shape index (κ3) is 4.59. The molecule has 140 valence electrons. The number of fused-ring (bicyclic) bond motifs is 1. The number of pyridine rings is 1. The minimum atomic E-state index is -0.666. The van der Waals surface area contributed by atoms with E-state index in [2.05, 4.69) is 20.3 Å². The Labute approximate surface area is 156 Å². The number of rotatable bonds is 4. The molecule has 0 saturated heterocycles. The van der Waals surface area contributed by atoms with Crippen molar-refractivity contribution in [3.63, 3.8) is 0 Å². The molecular weight excluding hydrogens is 369 g/mol. The second-order valence-electron chi connectivity index (χ2n) is 6.19. The number of H-pyrrole nitrogens is 2. The number of hydrogen-bond acceptors (Lipinski definition) is 5. The molecule has 25 heavy (non-hydrogen) atoms. The molecule has 2 aromatic rings.